The first kappa shape index (κ1) is 9.33. The van der Waals surface area contributed by atoms with Crippen LogP contribution in [0.2, 0.25) is 0 Å². The lowest BCUT2D eigenvalue weighted by atomic mass is 10.2. The first-order valence-electron chi connectivity index (χ1n) is 4.46. The second-order valence-corrected chi connectivity index (χ2v) is 2.91. The van der Waals surface area contributed by atoms with Crippen LogP contribution in [0.1, 0.15) is 26.2 Å². The van der Waals surface area contributed by atoms with Gasteiger partial charge in [0.05, 0.1) is 12.7 Å². The van der Waals surface area contributed by atoms with Crippen LogP contribution in [0.5, 0.6) is 0 Å². The lowest BCUT2D eigenvalue weighted by Gasteiger charge is -1.83. The van der Waals surface area contributed by atoms with Crippen molar-refractivity contribution < 1.29 is 9.47 Å². The van der Waals surface area contributed by atoms with Gasteiger partial charge in [0.15, 0.2) is 0 Å². The van der Waals surface area contributed by atoms with Crippen molar-refractivity contribution in [1.29, 1.82) is 0 Å². The number of epoxide rings is 1. The topological polar surface area (TPSA) is 25.1 Å². The molecule has 0 aromatic carbocycles. The Kier molecular flexibility index (Phi) is 3.88. The molecule has 12 heavy (non-hydrogen) atoms. The van der Waals surface area contributed by atoms with Crippen LogP contribution in [0.15, 0.2) is 24.7 Å². The second-order valence-electron chi connectivity index (χ2n) is 2.91. The first-order chi connectivity index (χ1) is 5.86. The summed E-state index contributed by atoms with van der Waals surface area (Å²) in [5.41, 5.74) is 0. The fourth-order valence-corrected chi connectivity index (χ4v) is 0.702. The molecule has 0 aliphatic carbocycles. The molecule has 0 N–H and O–H groups in total. The summed E-state index contributed by atoms with van der Waals surface area (Å²) in [4.78, 5) is 0. The molecule has 1 atom stereocenters. The fourth-order valence-electron chi connectivity index (χ4n) is 0.702. The Labute approximate surface area is 73.9 Å². The van der Waals surface area contributed by atoms with Crippen molar-refractivity contribution in [3.8, 4) is 0 Å². The zero-order valence-electron chi connectivity index (χ0n) is 7.58. The van der Waals surface area contributed by atoms with Gasteiger partial charge in [-0.05, 0) is 6.42 Å². The average molecular weight is 168 g/mol. The third-order valence-electron chi connectivity index (χ3n) is 1.68. The Morgan fingerprint density at radius 2 is 2.42 bits per heavy atom. The number of hydrogen-bond donors (Lipinski definition) is 0. The Morgan fingerprint density at radius 3 is 2.67 bits per heavy atom. The highest BCUT2D eigenvalue weighted by atomic mass is 16.6. The molecule has 2 aliphatic heterocycles. The third-order valence-corrected chi connectivity index (χ3v) is 1.68. The molecule has 0 bridgehead atoms. The zero-order chi connectivity index (χ0) is 8.81. The Hall–Kier alpha value is -0.760. The molecular weight excluding hydrogens is 152 g/mol. The van der Waals surface area contributed by atoms with Crippen LogP contribution in [-0.2, 0) is 9.47 Å². The quantitative estimate of drug-likeness (QED) is 0.476. The van der Waals surface area contributed by atoms with E-state index in [-0.39, 0.29) is 0 Å². The van der Waals surface area contributed by atoms with Gasteiger partial charge in [-0.2, -0.15) is 0 Å². The maximum absolute atomic E-state index is 4.80. The van der Waals surface area contributed by atoms with E-state index in [0.717, 1.165) is 13.0 Å². The molecule has 1 saturated heterocycles. The maximum atomic E-state index is 4.80. The monoisotopic (exact) mass is 168 g/mol. The minimum Gasteiger partial charge on any atom is -0.463 e. The molecule has 2 rings (SSSR count). The summed E-state index contributed by atoms with van der Waals surface area (Å²) < 4.78 is 9.54. The zero-order valence-corrected chi connectivity index (χ0v) is 7.58. The maximum Gasteiger partial charge on any atom is 0.138 e. The van der Waals surface area contributed by atoms with Crippen molar-refractivity contribution in [1.82, 2.24) is 0 Å². The van der Waals surface area contributed by atoms with Crippen LogP contribution in [-0.4, -0.2) is 12.7 Å². The number of unbranched alkanes of at least 4 members (excludes halogenated alkanes) is 1. The fraction of sp³-hybridized carbons (Fsp3) is 0.600. The summed E-state index contributed by atoms with van der Waals surface area (Å²) in [5.74, 6) is 1.18. The van der Waals surface area contributed by atoms with E-state index in [2.05, 4.69) is 13.5 Å². The molecule has 0 aromatic heterocycles. The minimum atomic E-state index is 0.398. The SMILES string of the molecule is C=CC1CO1.CCCCC1=CO1. The summed E-state index contributed by atoms with van der Waals surface area (Å²) in [5, 5.41) is 0. The molecule has 68 valence electrons. The summed E-state index contributed by atoms with van der Waals surface area (Å²) in [6, 6.07) is 0. The van der Waals surface area contributed by atoms with E-state index in [1.807, 2.05) is 6.26 Å². The van der Waals surface area contributed by atoms with Gasteiger partial charge in [-0.1, -0.05) is 19.4 Å². The first-order valence-corrected chi connectivity index (χ1v) is 4.46. The van der Waals surface area contributed by atoms with E-state index in [9.17, 15) is 0 Å². The predicted octanol–water partition coefficient (Wildman–Crippen LogP) is 2.62. The highest BCUT2D eigenvalue weighted by Crippen LogP contribution is 2.19. The van der Waals surface area contributed by atoms with Gasteiger partial charge in [-0.3, -0.25) is 0 Å². The summed E-state index contributed by atoms with van der Waals surface area (Å²) in [6.07, 6.45) is 7.70. The van der Waals surface area contributed by atoms with Gasteiger partial charge in [0.1, 0.15) is 12.0 Å². The van der Waals surface area contributed by atoms with Crippen molar-refractivity contribution in [2.75, 3.05) is 6.61 Å². The van der Waals surface area contributed by atoms with E-state index in [4.69, 9.17) is 9.47 Å². The minimum absolute atomic E-state index is 0.398. The van der Waals surface area contributed by atoms with Gasteiger partial charge in [-0.15, -0.1) is 6.58 Å². The van der Waals surface area contributed by atoms with Gasteiger partial charge in [-0.25, -0.2) is 0 Å². The number of allylic oxidation sites excluding steroid dienone is 1. The van der Waals surface area contributed by atoms with Gasteiger partial charge >= 0.3 is 0 Å². The summed E-state index contributed by atoms with van der Waals surface area (Å²) in [7, 11) is 0. The molecule has 0 aromatic rings. The largest absolute Gasteiger partial charge is 0.463 e. The number of hydrogen-bond acceptors (Lipinski definition) is 2. The van der Waals surface area contributed by atoms with Gasteiger partial charge in [0.2, 0.25) is 0 Å². The Balaban J connectivity index is 0.000000127. The van der Waals surface area contributed by atoms with Crippen molar-refractivity contribution >= 4 is 0 Å². The van der Waals surface area contributed by atoms with E-state index in [1.54, 1.807) is 6.08 Å². The molecule has 0 amide bonds. The van der Waals surface area contributed by atoms with Gasteiger partial charge in [0, 0.05) is 6.42 Å². The lowest BCUT2D eigenvalue weighted by Crippen LogP contribution is -1.67. The molecule has 2 heteroatoms. The van der Waals surface area contributed by atoms with Crippen molar-refractivity contribution in [2.45, 2.75) is 32.3 Å². The van der Waals surface area contributed by atoms with Gasteiger partial charge in [0.25, 0.3) is 0 Å². The summed E-state index contributed by atoms with van der Waals surface area (Å²) >= 11 is 0. The molecule has 0 radical (unpaired) electrons. The van der Waals surface area contributed by atoms with Crippen LogP contribution < -0.4 is 0 Å². The van der Waals surface area contributed by atoms with E-state index in [0.29, 0.717) is 6.10 Å². The van der Waals surface area contributed by atoms with Crippen LogP contribution in [0.4, 0.5) is 0 Å². The molecule has 0 spiro atoms. The normalized spacial score (nSPS) is 22.8. The van der Waals surface area contributed by atoms with Gasteiger partial charge < -0.3 is 9.47 Å². The predicted molar refractivity (Wildman–Crippen MR) is 48.6 cm³/mol. The highest BCUT2D eigenvalue weighted by Gasteiger charge is 2.16. The molecule has 1 fully saturated rings. The smallest absolute Gasteiger partial charge is 0.138 e. The van der Waals surface area contributed by atoms with E-state index < -0.39 is 0 Å². The van der Waals surface area contributed by atoms with Crippen LogP contribution in [0, 0.1) is 0 Å². The van der Waals surface area contributed by atoms with Crippen LogP contribution in [0.25, 0.3) is 0 Å². The molecule has 2 heterocycles. The third kappa shape index (κ3) is 4.97. The lowest BCUT2D eigenvalue weighted by molar-refractivity contribution is 0.440. The van der Waals surface area contributed by atoms with E-state index in [1.165, 1.54) is 18.6 Å². The van der Waals surface area contributed by atoms with Crippen LogP contribution in [0.3, 0.4) is 0 Å². The Bertz CT molecular complexity index is 169. The molecule has 1 unspecified atom stereocenters. The second kappa shape index (κ2) is 4.99. The van der Waals surface area contributed by atoms with Crippen LogP contribution >= 0.6 is 0 Å². The molecule has 2 aliphatic rings. The molecule has 2 nitrogen and oxygen atoms in total. The van der Waals surface area contributed by atoms with Crippen molar-refractivity contribution in [3.63, 3.8) is 0 Å². The summed E-state index contributed by atoms with van der Waals surface area (Å²) in [6.45, 7) is 6.57. The van der Waals surface area contributed by atoms with Crippen molar-refractivity contribution in [3.05, 3.63) is 24.7 Å². The Morgan fingerprint density at radius 1 is 1.75 bits per heavy atom. The standard InChI is InChI=1S/C6H10O.C4H6O/c1-2-3-4-6-5-7-6;1-2-4-3-5-4/h5H,2-4H2,1H3;2,4H,1,3H2. The van der Waals surface area contributed by atoms with Crippen molar-refractivity contribution in [2.24, 2.45) is 0 Å². The highest BCUT2D eigenvalue weighted by molar-refractivity contribution is 5.01. The number of rotatable bonds is 4. The molecule has 0 saturated carbocycles. The number of ether oxygens (including phenoxy) is 2. The molecular formula is C10H16O2. The van der Waals surface area contributed by atoms with E-state index >= 15 is 0 Å². The average Bonchev–Trinajstić information content (AvgIpc) is 2.94.